The molecule has 41 heavy (non-hydrogen) atoms. The van der Waals surface area contributed by atoms with E-state index < -0.39 is 4.92 Å². The van der Waals surface area contributed by atoms with Crippen molar-refractivity contribution >= 4 is 52.0 Å². The van der Waals surface area contributed by atoms with Crippen LogP contribution in [0.3, 0.4) is 0 Å². The second kappa shape index (κ2) is 11.6. The van der Waals surface area contributed by atoms with Gasteiger partial charge in [-0.3, -0.25) is 19.7 Å². The average molecular weight is 614 g/mol. The van der Waals surface area contributed by atoms with Gasteiger partial charge >= 0.3 is 0 Å². The quantitative estimate of drug-likeness (QED) is 0.186. The molecule has 0 N–H and O–H groups in total. The minimum Gasteiger partial charge on any atom is -0.335 e. The number of piperazine rings is 1. The number of carbonyl (C=O) groups excluding carboxylic acids is 2. The Kier molecular flexibility index (Phi) is 8.12. The van der Waals surface area contributed by atoms with Gasteiger partial charge < -0.3 is 9.80 Å². The third-order valence-corrected chi connectivity index (χ3v) is 8.35. The van der Waals surface area contributed by atoms with E-state index in [9.17, 15) is 19.7 Å². The van der Waals surface area contributed by atoms with Gasteiger partial charge in [-0.25, -0.2) is 9.67 Å². The lowest BCUT2D eigenvalue weighted by molar-refractivity contribution is -0.384. The van der Waals surface area contributed by atoms with Crippen molar-refractivity contribution in [1.29, 1.82) is 0 Å². The summed E-state index contributed by atoms with van der Waals surface area (Å²) in [6.07, 6.45) is 1.58. The zero-order valence-corrected chi connectivity index (χ0v) is 24.8. The van der Waals surface area contributed by atoms with Gasteiger partial charge in [0.05, 0.1) is 38.7 Å². The predicted octanol–water partition coefficient (Wildman–Crippen LogP) is 6.32. The maximum atomic E-state index is 13.7. The van der Waals surface area contributed by atoms with E-state index in [1.54, 1.807) is 20.7 Å². The molecule has 1 fully saturated rings. The van der Waals surface area contributed by atoms with E-state index in [4.69, 9.17) is 28.2 Å². The third-order valence-electron chi connectivity index (χ3n) is 6.97. The summed E-state index contributed by atoms with van der Waals surface area (Å²) >= 11 is 13.7. The van der Waals surface area contributed by atoms with Gasteiger partial charge in [-0.05, 0) is 31.0 Å². The molecule has 4 aromatic rings. The van der Waals surface area contributed by atoms with Crippen molar-refractivity contribution in [3.05, 3.63) is 91.0 Å². The summed E-state index contributed by atoms with van der Waals surface area (Å²) in [6.45, 7) is 6.80. The summed E-state index contributed by atoms with van der Waals surface area (Å²) in [6, 6.07) is 10.9. The Hall–Kier alpha value is -3.80. The van der Waals surface area contributed by atoms with E-state index in [0.29, 0.717) is 35.4 Å². The number of amides is 2. The van der Waals surface area contributed by atoms with Crippen molar-refractivity contribution in [3.63, 3.8) is 0 Å². The number of nitro benzene ring substituents is 1. The molecule has 1 atom stereocenters. The molecular weight excluding hydrogens is 587 g/mol. The SMILES string of the molecule is CC(C)c1c(C(=O)N2CCN(C(=O)c3ccc([N+](=O)[O-])cc3Cl)C(C)C2)cnn1-c1nc(-c2ccc(Cl)cc2)cs1. The Balaban J connectivity index is 1.34. The van der Waals surface area contributed by atoms with Gasteiger partial charge in [0.25, 0.3) is 17.5 Å². The van der Waals surface area contributed by atoms with Crippen LogP contribution in [0, 0.1) is 10.1 Å². The van der Waals surface area contributed by atoms with E-state index in [1.807, 2.05) is 50.4 Å². The third kappa shape index (κ3) is 5.70. The smallest absolute Gasteiger partial charge is 0.270 e. The van der Waals surface area contributed by atoms with Crippen LogP contribution in [-0.4, -0.2) is 67.0 Å². The monoisotopic (exact) mass is 612 g/mol. The van der Waals surface area contributed by atoms with Crippen LogP contribution in [0.4, 0.5) is 5.69 Å². The van der Waals surface area contributed by atoms with Gasteiger partial charge in [0.15, 0.2) is 0 Å². The van der Waals surface area contributed by atoms with Crippen LogP contribution in [0.25, 0.3) is 16.4 Å². The molecule has 10 nitrogen and oxygen atoms in total. The maximum Gasteiger partial charge on any atom is 0.270 e. The molecule has 0 saturated carbocycles. The number of nitrogens with zero attached hydrogens (tertiary/aromatic N) is 6. The summed E-state index contributed by atoms with van der Waals surface area (Å²) in [5.74, 6) is -0.508. The summed E-state index contributed by atoms with van der Waals surface area (Å²) in [5.41, 5.74) is 2.99. The number of rotatable bonds is 6. The van der Waals surface area contributed by atoms with Gasteiger partial charge in [0, 0.05) is 53.8 Å². The number of carbonyl (C=O) groups is 2. The number of halogens is 2. The van der Waals surface area contributed by atoms with Crippen LogP contribution < -0.4 is 0 Å². The first-order valence-electron chi connectivity index (χ1n) is 12.9. The molecule has 13 heteroatoms. The van der Waals surface area contributed by atoms with Gasteiger partial charge in [0.2, 0.25) is 5.13 Å². The summed E-state index contributed by atoms with van der Waals surface area (Å²) in [7, 11) is 0. The lowest BCUT2D eigenvalue weighted by Gasteiger charge is -2.40. The van der Waals surface area contributed by atoms with E-state index >= 15 is 0 Å². The fourth-order valence-electron chi connectivity index (χ4n) is 4.91. The number of thiazole rings is 1. The first-order chi connectivity index (χ1) is 19.5. The minimum absolute atomic E-state index is 0.0103. The van der Waals surface area contributed by atoms with Crippen LogP contribution in [-0.2, 0) is 0 Å². The molecule has 1 saturated heterocycles. The molecule has 212 valence electrons. The Morgan fingerprint density at radius 1 is 1.07 bits per heavy atom. The Labute approximate surface area is 250 Å². The first-order valence-corrected chi connectivity index (χ1v) is 14.5. The Morgan fingerprint density at radius 3 is 2.44 bits per heavy atom. The summed E-state index contributed by atoms with van der Waals surface area (Å²) in [5, 5.41) is 18.8. The molecular formula is C28H26Cl2N6O4S. The molecule has 1 unspecified atom stereocenters. The van der Waals surface area contributed by atoms with E-state index in [1.165, 1.54) is 29.5 Å². The maximum absolute atomic E-state index is 13.7. The molecule has 2 amide bonds. The van der Waals surface area contributed by atoms with Crippen molar-refractivity contribution in [1.82, 2.24) is 24.6 Å². The second-order valence-corrected chi connectivity index (χ2v) is 11.7. The summed E-state index contributed by atoms with van der Waals surface area (Å²) in [4.78, 5) is 45.5. The highest BCUT2D eigenvalue weighted by atomic mass is 35.5. The Bertz CT molecular complexity index is 1630. The normalized spacial score (nSPS) is 15.4. The first kappa shape index (κ1) is 28.7. The van der Waals surface area contributed by atoms with Gasteiger partial charge in [0.1, 0.15) is 0 Å². The van der Waals surface area contributed by atoms with Crippen molar-refractivity contribution in [3.8, 4) is 16.4 Å². The molecule has 5 rings (SSSR count). The van der Waals surface area contributed by atoms with Crippen LogP contribution >= 0.6 is 34.5 Å². The number of non-ortho nitro benzene ring substituents is 1. The molecule has 1 aliphatic rings. The van der Waals surface area contributed by atoms with Gasteiger partial charge in [-0.15, -0.1) is 11.3 Å². The lowest BCUT2D eigenvalue weighted by Crippen LogP contribution is -2.55. The largest absolute Gasteiger partial charge is 0.335 e. The zero-order chi connectivity index (χ0) is 29.4. The highest BCUT2D eigenvalue weighted by Gasteiger charge is 2.34. The minimum atomic E-state index is -0.562. The van der Waals surface area contributed by atoms with Gasteiger partial charge in [-0.2, -0.15) is 5.10 Å². The molecule has 0 spiro atoms. The van der Waals surface area contributed by atoms with Crippen molar-refractivity contribution in [2.24, 2.45) is 0 Å². The number of hydrogen-bond acceptors (Lipinski definition) is 7. The van der Waals surface area contributed by atoms with Crippen molar-refractivity contribution < 1.29 is 14.5 Å². The molecule has 2 aromatic heterocycles. The second-order valence-electron chi connectivity index (χ2n) is 10.1. The predicted molar refractivity (Wildman–Crippen MR) is 158 cm³/mol. The van der Waals surface area contributed by atoms with Crippen LogP contribution in [0.1, 0.15) is 53.1 Å². The average Bonchev–Trinajstić information content (AvgIpc) is 3.60. The number of aromatic nitrogens is 3. The van der Waals surface area contributed by atoms with Crippen LogP contribution in [0.15, 0.2) is 54.0 Å². The molecule has 2 aromatic carbocycles. The molecule has 0 bridgehead atoms. The number of benzene rings is 2. The Morgan fingerprint density at radius 2 is 1.80 bits per heavy atom. The van der Waals surface area contributed by atoms with E-state index in [2.05, 4.69) is 5.10 Å². The highest BCUT2D eigenvalue weighted by Crippen LogP contribution is 2.30. The van der Waals surface area contributed by atoms with Crippen molar-refractivity contribution in [2.45, 2.75) is 32.7 Å². The fraction of sp³-hybridized carbons (Fsp3) is 0.286. The fourth-order valence-corrected chi connectivity index (χ4v) is 6.09. The van der Waals surface area contributed by atoms with Gasteiger partial charge in [-0.1, -0.05) is 49.2 Å². The molecule has 3 heterocycles. The summed E-state index contributed by atoms with van der Waals surface area (Å²) < 4.78 is 1.72. The molecule has 0 aliphatic carbocycles. The number of nitro groups is 1. The van der Waals surface area contributed by atoms with E-state index in [-0.39, 0.29) is 40.0 Å². The van der Waals surface area contributed by atoms with Crippen LogP contribution in [0.2, 0.25) is 10.0 Å². The van der Waals surface area contributed by atoms with Crippen LogP contribution in [0.5, 0.6) is 0 Å². The van der Waals surface area contributed by atoms with Crippen molar-refractivity contribution in [2.75, 3.05) is 19.6 Å². The number of hydrogen-bond donors (Lipinski definition) is 0. The van der Waals surface area contributed by atoms with E-state index in [0.717, 1.165) is 17.0 Å². The zero-order valence-electron chi connectivity index (χ0n) is 22.5. The molecule has 1 aliphatic heterocycles. The topological polar surface area (TPSA) is 114 Å². The molecule has 0 radical (unpaired) electrons. The highest BCUT2D eigenvalue weighted by molar-refractivity contribution is 7.12. The standard InChI is InChI=1S/C28H26Cl2N6O4S/c1-16(2)25-22(13-31-35(25)28-32-24(15-41-28)18-4-6-19(29)7-5-18)26(37)33-10-11-34(17(3)14-33)27(38)21-9-8-20(36(39)40)12-23(21)30/h4-9,12-13,15-17H,10-11,14H2,1-3H3. The lowest BCUT2D eigenvalue weighted by atomic mass is 10.0.